The van der Waals surface area contributed by atoms with Crippen molar-refractivity contribution in [2.75, 3.05) is 18.5 Å². The number of rotatable bonds is 7. The maximum atomic E-state index is 15.3. The summed E-state index contributed by atoms with van der Waals surface area (Å²) in [5, 5.41) is 12.5. The van der Waals surface area contributed by atoms with Gasteiger partial charge in [0.1, 0.15) is 5.69 Å². The number of amides is 2. The Morgan fingerprint density at radius 1 is 1.33 bits per heavy atom. The molecule has 1 fully saturated rings. The van der Waals surface area contributed by atoms with Gasteiger partial charge in [0.05, 0.1) is 17.9 Å². The number of carboxylic acid groups (broad SMARTS) is 1. The van der Waals surface area contributed by atoms with E-state index in [1.807, 2.05) is 0 Å². The van der Waals surface area contributed by atoms with Crippen LogP contribution in [0, 0.1) is 29.9 Å². The molecular weight excluding hydrogens is 530 g/mol. The molecule has 0 spiro atoms. The van der Waals surface area contributed by atoms with Crippen molar-refractivity contribution in [1.82, 2.24) is 14.9 Å². The van der Waals surface area contributed by atoms with Crippen molar-refractivity contribution in [3.63, 3.8) is 0 Å². The third-order valence-corrected chi connectivity index (χ3v) is 8.10. The van der Waals surface area contributed by atoms with Crippen LogP contribution in [0.5, 0.6) is 5.88 Å². The number of anilines is 1. The van der Waals surface area contributed by atoms with Gasteiger partial charge in [0.15, 0.2) is 23.4 Å². The molecule has 4 rings (SSSR count). The zero-order valence-corrected chi connectivity index (χ0v) is 22.6. The van der Waals surface area contributed by atoms with Crippen LogP contribution in [0.15, 0.2) is 29.5 Å². The quantitative estimate of drug-likeness (QED) is 0.435. The topological polar surface area (TPSA) is 143 Å². The number of thioether (sulfide) groups is 1. The lowest BCUT2D eigenvalue weighted by Crippen LogP contribution is -2.51. The van der Waals surface area contributed by atoms with Crippen LogP contribution in [0.4, 0.5) is 19.3 Å². The summed E-state index contributed by atoms with van der Waals surface area (Å²) in [5.74, 6) is -0.956. The lowest BCUT2D eigenvalue weighted by Gasteiger charge is -2.40. The van der Waals surface area contributed by atoms with Crippen LogP contribution in [-0.4, -0.2) is 60.6 Å². The molecule has 0 radical (unpaired) electrons. The van der Waals surface area contributed by atoms with Gasteiger partial charge in [0, 0.05) is 40.1 Å². The molecule has 0 saturated heterocycles. The Labute approximate surface area is 228 Å². The van der Waals surface area contributed by atoms with E-state index in [4.69, 9.17) is 16.9 Å². The van der Waals surface area contributed by atoms with Crippen molar-refractivity contribution in [1.29, 1.82) is 0 Å². The maximum Gasteiger partial charge on any atom is 0.407 e. The molecule has 1 aliphatic carbocycles. The minimum absolute atomic E-state index is 0.0189. The molecule has 206 valence electrons. The Balaban J connectivity index is 1.63. The van der Waals surface area contributed by atoms with Gasteiger partial charge in [-0.15, -0.1) is 6.42 Å². The number of amidine groups is 1. The van der Waals surface area contributed by atoms with Crippen molar-refractivity contribution in [2.45, 2.75) is 49.9 Å². The Morgan fingerprint density at radius 3 is 2.64 bits per heavy atom. The fourth-order valence-electron chi connectivity index (χ4n) is 4.81. The summed E-state index contributed by atoms with van der Waals surface area (Å²) in [5.41, 5.74) is 3.95. The number of carbonyl (C=O) groups excluding carboxylic acids is 1. The zero-order chi connectivity index (χ0) is 28.8. The number of hydrogen-bond donors (Lipinski definition) is 3. The number of aromatic nitrogens is 2. The van der Waals surface area contributed by atoms with E-state index in [2.05, 4.69) is 26.2 Å². The first kappa shape index (κ1) is 28.1. The number of benzene rings is 1. The van der Waals surface area contributed by atoms with Crippen molar-refractivity contribution < 1.29 is 28.2 Å². The second kappa shape index (κ2) is 10.00. The average molecular weight is 559 g/mol. The molecule has 1 aliphatic heterocycles. The first-order valence-electron chi connectivity index (χ1n) is 11.9. The number of ether oxygens (including phenoxy) is 1. The molecule has 2 aliphatic rings. The van der Waals surface area contributed by atoms with E-state index < -0.39 is 39.5 Å². The molecule has 13 heteroatoms. The monoisotopic (exact) mass is 558 g/mol. The van der Waals surface area contributed by atoms with Crippen LogP contribution in [-0.2, 0) is 5.54 Å². The second-order valence-corrected chi connectivity index (χ2v) is 12.0. The first-order chi connectivity index (χ1) is 18.2. The number of hydrogen-bond acceptors (Lipinski definition) is 8. The Bertz CT molecular complexity index is 1390. The van der Waals surface area contributed by atoms with Gasteiger partial charge in [-0.2, -0.15) is 0 Å². The minimum Gasteiger partial charge on any atom is -0.465 e. The smallest absolute Gasteiger partial charge is 0.407 e. The SMILES string of the molecule is C#CCOc1cnc(C(=O)Nc2cc(F)c(F)c([C@@]3(C)N=C(N)S[C@]4(CN(C(=O)O)C(C)(C)C)C[C@H]43)c2)cn1. The standard InChI is InChI=1S/C26H28F2N6O4S/c1-6-7-38-19-12-30-17(11-31-19)21(35)32-14-8-15(20(28)16(27)9-14)25(5)18-10-26(18,39-22(29)33-25)13-34(23(36)37)24(2,3)4/h1,8-9,11-12,18H,7,10,13H2,2-5H3,(H2,29,33)(H,32,35)(H,36,37)/t18-,25+,26-/m0/s1. The summed E-state index contributed by atoms with van der Waals surface area (Å²) >= 11 is 1.25. The van der Waals surface area contributed by atoms with Gasteiger partial charge >= 0.3 is 6.09 Å². The number of nitrogens with zero attached hydrogens (tertiary/aromatic N) is 4. The van der Waals surface area contributed by atoms with Gasteiger partial charge in [-0.05, 0) is 40.2 Å². The molecule has 3 atom stereocenters. The summed E-state index contributed by atoms with van der Waals surface area (Å²) in [6.45, 7) is 7.09. The number of carbonyl (C=O) groups is 2. The minimum atomic E-state index is -1.31. The largest absolute Gasteiger partial charge is 0.465 e. The molecule has 39 heavy (non-hydrogen) atoms. The predicted molar refractivity (Wildman–Crippen MR) is 143 cm³/mol. The van der Waals surface area contributed by atoms with E-state index in [-0.39, 0.29) is 47.1 Å². The molecule has 1 aromatic carbocycles. The Morgan fingerprint density at radius 2 is 2.05 bits per heavy atom. The van der Waals surface area contributed by atoms with Crippen molar-refractivity contribution >= 4 is 34.6 Å². The highest BCUT2D eigenvalue weighted by Crippen LogP contribution is 2.66. The molecule has 2 heterocycles. The first-order valence-corrected chi connectivity index (χ1v) is 12.8. The second-order valence-electron chi connectivity index (χ2n) is 10.6. The van der Waals surface area contributed by atoms with E-state index in [1.54, 1.807) is 27.7 Å². The number of nitrogens with two attached hydrogens (primary N) is 1. The van der Waals surface area contributed by atoms with E-state index in [9.17, 15) is 19.1 Å². The molecule has 0 unspecified atom stereocenters. The molecular formula is C26H28F2N6O4S. The summed E-state index contributed by atoms with van der Waals surface area (Å²) < 4.78 is 34.6. The van der Waals surface area contributed by atoms with Crippen molar-refractivity contribution in [2.24, 2.45) is 16.6 Å². The highest BCUT2D eigenvalue weighted by Gasteiger charge is 2.67. The maximum absolute atomic E-state index is 15.3. The van der Waals surface area contributed by atoms with Gasteiger partial charge in [0.25, 0.3) is 5.91 Å². The Kier molecular flexibility index (Phi) is 7.20. The fraction of sp³-hybridized carbons (Fsp3) is 0.423. The van der Waals surface area contributed by atoms with Gasteiger partial charge < -0.3 is 25.8 Å². The van der Waals surface area contributed by atoms with E-state index in [0.29, 0.717) is 6.42 Å². The van der Waals surface area contributed by atoms with Gasteiger partial charge in [-0.3, -0.25) is 9.79 Å². The summed E-state index contributed by atoms with van der Waals surface area (Å²) in [4.78, 5) is 38.5. The number of nitrogens with one attached hydrogen (secondary N) is 1. The summed E-state index contributed by atoms with van der Waals surface area (Å²) in [6, 6.07) is 2.16. The highest BCUT2D eigenvalue weighted by atomic mass is 32.2. The van der Waals surface area contributed by atoms with Gasteiger partial charge in [0.2, 0.25) is 5.88 Å². The molecule has 1 saturated carbocycles. The molecule has 10 nitrogen and oxygen atoms in total. The predicted octanol–water partition coefficient (Wildman–Crippen LogP) is 3.83. The lowest BCUT2D eigenvalue weighted by atomic mass is 9.85. The summed E-state index contributed by atoms with van der Waals surface area (Å²) in [6.07, 6.45) is 6.90. The van der Waals surface area contributed by atoms with Crippen LogP contribution in [0.3, 0.4) is 0 Å². The molecule has 0 bridgehead atoms. The number of halogens is 2. The van der Waals surface area contributed by atoms with Crippen LogP contribution in [0.2, 0.25) is 0 Å². The van der Waals surface area contributed by atoms with Crippen molar-refractivity contribution in [3.8, 4) is 18.2 Å². The number of aliphatic imine (C=N–C) groups is 1. The summed E-state index contributed by atoms with van der Waals surface area (Å²) in [7, 11) is 0. The third-order valence-electron chi connectivity index (χ3n) is 6.82. The third kappa shape index (κ3) is 5.47. The van der Waals surface area contributed by atoms with E-state index in [1.165, 1.54) is 28.9 Å². The zero-order valence-electron chi connectivity index (χ0n) is 21.8. The fourth-order valence-corrected chi connectivity index (χ4v) is 6.28. The average Bonchev–Trinajstić information content (AvgIpc) is 3.58. The number of fused-ring (bicyclic) bond motifs is 1. The van der Waals surface area contributed by atoms with Crippen LogP contribution < -0.4 is 15.8 Å². The normalized spacial score (nSPS) is 23.6. The highest BCUT2D eigenvalue weighted by molar-refractivity contribution is 8.15. The number of terminal acetylenes is 1. The van der Waals surface area contributed by atoms with Gasteiger partial charge in [-0.1, -0.05) is 17.7 Å². The van der Waals surface area contributed by atoms with Crippen LogP contribution in [0.25, 0.3) is 0 Å². The van der Waals surface area contributed by atoms with Crippen LogP contribution in [0.1, 0.15) is 50.2 Å². The molecule has 2 amide bonds. The molecule has 4 N–H and O–H groups in total. The van der Waals surface area contributed by atoms with E-state index in [0.717, 1.165) is 12.3 Å². The molecule has 2 aromatic rings. The lowest BCUT2D eigenvalue weighted by molar-refractivity contribution is 0.0972. The van der Waals surface area contributed by atoms with Gasteiger partial charge in [-0.25, -0.2) is 23.5 Å². The molecule has 1 aromatic heterocycles. The Hall–Kier alpha value is -3.92. The van der Waals surface area contributed by atoms with E-state index >= 15 is 4.39 Å². The van der Waals surface area contributed by atoms with Crippen LogP contribution >= 0.6 is 11.8 Å². The van der Waals surface area contributed by atoms with Crippen molar-refractivity contribution in [3.05, 3.63) is 47.4 Å².